The van der Waals surface area contributed by atoms with E-state index in [4.69, 9.17) is 10.4 Å². The third kappa shape index (κ3) is 4.11. The van der Waals surface area contributed by atoms with Crippen LogP contribution in [0.3, 0.4) is 0 Å². The van der Waals surface area contributed by atoms with Crippen molar-refractivity contribution >= 4 is 17.7 Å². The summed E-state index contributed by atoms with van der Waals surface area (Å²) in [4.78, 5) is 26.8. The van der Waals surface area contributed by atoms with Gasteiger partial charge in [0.15, 0.2) is 5.82 Å². The maximum absolute atomic E-state index is 12.9. The Morgan fingerprint density at radius 3 is 2.56 bits per heavy atom. The maximum atomic E-state index is 12.9. The van der Waals surface area contributed by atoms with Gasteiger partial charge in [-0.1, -0.05) is 12.1 Å². The van der Waals surface area contributed by atoms with Crippen LogP contribution in [0.5, 0.6) is 0 Å². The molecule has 1 aromatic heterocycles. The van der Waals surface area contributed by atoms with Crippen molar-refractivity contribution in [1.29, 1.82) is 5.26 Å². The molecule has 2 rings (SSSR count). The number of carboxylic acid groups (broad SMARTS) is 1. The molecule has 0 fully saturated rings. The SMILES string of the molecule is N#Cc1cccnc1N(Cc1cccc(C(=O)O)c1)C(=O)C(F)(F)F. The molecule has 0 unspecified atom stereocenters. The molecule has 128 valence electrons. The van der Waals surface area contributed by atoms with E-state index in [2.05, 4.69) is 4.98 Å². The monoisotopic (exact) mass is 349 g/mol. The van der Waals surface area contributed by atoms with Crippen LogP contribution in [0.15, 0.2) is 42.6 Å². The number of hydrogen-bond acceptors (Lipinski definition) is 4. The number of rotatable bonds is 4. The van der Waals surface area contributed by atoms with Crippen molar-refractivity contribution in [2.24, 2.45) is 0 Å². The number of aromatic nitrogens is 1. The van der Waals surface area contributed by atoms with E-state index in [0.29, 0.717) is 4.90 Å². The van der Waals surface area contributed by atoms with Crippen LogP contribution in [0.2, 0.25) is 0 Å². The van der Waals surface area contributed by atoms with Crippen LogP contribution in [-0.4, -0.2) is 28.1 Å². The van der Waals surface area contributed by atoms with Crippen LogP contribution in [0.1, 0.15) is 21.5 Å². The lowest BCUT2D eigenvalue weighted by Crippen LogP contribution is -2.41. The van der Waals surface area contributed by atoms with Crippen molar-refractivity contribution in [2.75, 3.05) is 4.90 Å². The Morgan fingerprint density at radius 1 is 1.24 bits per heavy atom. The predicted octanol–water partition coefficient (Wildman–Crippen LogP) is 2.75. The minimum atomic E-state index is -5.19. The third-order valence-corrected chi connectivity index (χ3v) is 3.17. The van der Waals surface area contributed by atoms with Gasteiger partial charge in [-0.25, -0.2) is 9.78 Å². The van der Waals surface area contributed by atoms with Crippen molar-refractivity contribution < 1.29 is 27.9 Å². The Labute approximate surface area is 139 Å². The molecule has 1 amide bonds. The highest BCUT2D eigenvalue weighted by atomic mass is 19.4. The second kappa shape index (κ2) is 7.00. The Balaban J connectivity index is 2.50. The van der Waals surface area contributed by atoms with Crippen LogP contribution in [0, 0.1) is 11.3 Å². The smallest absolute Gasteiger partial charge is 0.471 e. The largest absolute Gasteiger partial charge is 0.478 e. The minimum Gasteiger partial charge on any atom is -0.478 e. The summed E-state index contributed by atoms with van der Waals surface area (Å²) in [7, 11) is 0. The first-order valence-corrected chi connectivity index (χ1v) is 6.80. The van der Waals surface area contributed by atoms with Gasteiger partial charge in [-0.05, 0) is 29.8 Å². The van der Waals surface area contributed by atoms with E-state index in [1.54, 1.807) is 6.07 Å². The first kappa shape index (κ1) is 17.9. The molecule has 0 saturated carbocycles. The number of carboxylic acids is 1. The number of carbonyl (C=O) groups excluding carboxylic acids is 1. The number of amides is 1. The average Bonchev–Trinajstić information content (AvgIpc) is 2.58. The van der Waals surface area contributed by atoms with E-state index in [9.17, 15) is 22.8 Å². The number of nitriles is 1. The predicted molar refractivity (Wildman–Crippen MR) is 79.6 cm³/mol. The number of benzene rings is 1. The summed E-state index contributed by atoms with van der Waals surface area (Å²) in [6.45, 7) is -0.592. The Hall–Kier alpha value is -3.41. The van der Waals surface area contributed by atoms with Crippen LogP contribution in [0.4, 0.5) is 19.0 Å². The molecule has 1 N–H and O–H groups in total. The summed E-state index contributed by atoms with van der Waals surface area (Å²) in [5, 5.41) is 18.0. The van der Waals surface area contributed by atoms with Crippen molar-refractivity contribution in [3.8, 4) is 6.07 Å². The molecule has 0 bridgehead atoms. The molecule has 1 aromatic carbocycles. The molecular formula is C16H10F3N3O3. The molecular weight excluding hydrogens is 339 g/mol. The van der Waals surface area contributed by atoms with E-state index in [0.717, 1.165) is 12.3 Å². The van der Waals surface area contributed by atoms with Crippen LogP contribution < -0.4 is 4.90 Å². The number of pyridine rings is 1. The second-order valence-corrected chi connectivity index (χ2v) is 4.88. The number of carbonyl (C=O) groups is 2. The molecule has 0 aliphatic rings. The summed E-state index contributed by atoms with van der Waals surface area (Å²) in [5.74, 6) is -3.91. The van der Waals surface area contributed by atoms with Gasteiger partial charge < -0.3 is 5.11 Å². The highest BCUT2D eigenvalue weighted by molar-refractivity contribution is 5.97. The average molecular weight is 349 g/mol. The number of hydrogen-bond donors (Lipinski definition) is 1. The molecule has 0 spiro atoms. The van der Waals surface area contributed by atoms with Crippen LogP contribution >= 0.6 is 0 Å². The van der Waals surface area contributed by atoms with Gasteiger partial charge in [0.1, 0.15) is 6.07 Å². The molecule has 0 aliphatic carbocycles. The first-order valence-electron chi connectivity index (χ1n) is 6.80. The highest BCUT2D eigenvalue weighted by Crippen LogP contribution is 2.26. The Kier molecular flexibility index (Phi) is 5.02. The Bertz CT molecular complexity index is 859. The van der Waals surface area contributed by atoms with Crippen LogP contribution in [0.25, 0.3) is 0 Å². The zero-order valence-electron chi connectivity index (χ0n) is 12.5. The molecule has 0 saturated heterocycles. The fraction of sp³-hybridized carbons (Fsp3) is 0.125. The molecule has 25 heavy (non-hydrogen) atoms. The molecule has 0 atom stereocenters. The summed E-state index contributed by atoms with van der Waals surface area (Å²) in [6.07, 6.45) is -4.03. The molecule has 9 heteroatoms. The van der Waals surface area contributed by atoms with Gasteiger partial charge in [-0.2, -0.15) is 18.4 Å². The zero-order valence-corrected chi connectivity index (χ0v) is 12.5. The van der Waals surface area contributed by atoms with Crippen molar-refractivity contribution in [1.82, 2.24) is 4.98 Å². The molecule has 6 nitrogen and oxygen atoms in total. The summed E-state index contributed by atoms with van der Waals surface area (Å²) in [6, 6.07) is 9.39. The molecule has 2 aromatic rings. The van der Waals surface area contributed by atoms with E-state index >= 15 is 0 Å². The highest BCUT2D eigenvalue weighted by Gasteiger charge is 2.44. The number of nitrogens with zero attached hydrogens (tertiary/aromatic N) is 3. The van der Waals surface area contributed by atoms with E-state index in [1.165, 1.54) is 30.3 Å². The number of alkyl halides is 3. The van der Waals surface area contributed by atoms with Gasteiger partial charge in [-0.15, -0.1) is 0 Å². The van der Waals surface area contributed by atoms with Crippen molar-refractivity contribution in [3.05, 3.63) is 59.3 Å². The lowest BCUT2D eigenvalue weighted by atomic mass is 10.1. The number of halogens is 3. The standard InChI is InChI=1S/C16H10F3N3O3/c17-16(18,19)15(25)22(13-12(8-20)5-2-6-21-13)9-10-3-1-4-11(7-10)14(23)24/h1-7H,9H2,(H,23,24). The normalized spacial score (nSPS) is 10.8. The Morgan fingerprint density at radius 2 is 1.96 bits per heavy atom. The third-order valence-electron chi connectivity index (χ3n) is 3.17. The topological polar surface area (TPSA) is 94.3 Å². The quantitative estimate of drug-likeness (QED) is 0.916. The minimum absolute atomic E-state index is 0.140. The lowest BCUT2D eigenvalue weighted by molar-refractivity contribution is -0.170. The fourth-order valence-electron chi connectivity index (χ4n) is 2.08. The second-order valence-electron chi connectivity index (χ2n) is 4.88. The van der Waals surface area contributed by atoms with Gasteiger partial charge in [0, 0.05) is 6.20 Å². The lowest BCUT2D eigenvalue weighted by Gasteiger charge is -2.23. The molecule has 0 aliphatic heterocycles. The number of aromatic carboxylic acids is 1. The van der Waals surface area contributed by atoms with E-state index in [1.807, 2.05) is 0 Å². The van der Waals surface area contributed by atoms with Crippen molar-refractivity contribution in [3.63, 3.8) is 0 Å². The maximum Gasteiger partial charge on any atom is 0.471 e. The van der Waals surface area contributed by atoms with Gasteiger partial charge in [0.2, 0.25) is 0 Å². The number of anilines is 1. The van der Waals surface area contributed by atoms with Gasteiger partial charge in [0.25, 0.3) is 0 Å². The summed E-state index contributed by atoms with van der Waals surface area (Å²) in [5.41, 5.74) is -0.208. The van der Waals surface area contributed by atoms with E-state index in [-0.39, 0.29) is 16.7 Å². The summed E-state index contributed by atoms with van der Waals surface area (Å²) >= 11 is 0. The summed E-state index contributed by atoms with van der Waals surface area (Å²) < 4.78 is 38.8. The molecule has 0 radical (unpaired) electrons. The van der Waals surface area contributed by atoms with Crippen molar-refractivity contribution in [2.45, 2.75) is 12.7 Å². The first-order chi connectivity index (χ1) is 11.7. The van der Waals surface area contributed by atoms with Gasteiger partial charge >= 0.3 is 18.1 Å². The fourth-order valence-corrected chi connectivity index (χ4v) is 2.08. The molecule has 1 heterocycles. The van der Waals surface area contributed by atoms with Crippen LogP contribution in [-0.2, 0) is 11.3 Å². The zero-order chi connectivity index (χ0) is 18.6. The van der Waals surface area contributed by atoms with Gasteiger partial charge in [0.05, 0.1) is 17.7 Å². The van der Waals surface area contributed by atoms with Gasteiger partial charge in [-0.3, -0.25) is 9.69 Å². The van der Waals surface area contributed by atoms with E-state index < -0.39 is 30.4 Å².